The molecule has 1 saturated heterocycles. The molecular weight excluding hydrogens is 354 g/mol. The van der Waals surface area contributed by atoms with Crippen LogP contribution in [0.3, 0.4) is 0 Å². The molecule has 1 aromatic carbocycles. The standard InChI is InChI=1S/C17H20N5O5/c1-11(2)20-9-14(13-5-4-12(8-15(13)20)22(26)27-3)17(24)19-6-7-21(18-25)16(23)10-19/h4-5,8-9,18,25H,1,6-7,10H2,2-3H3/q+1. The summed E-state index contributed by atoms with van der Waals surface area (Å²) in [6.45, 7) is 5.98. The lowest BCUT2D eigenvalue weighted by molar-refractivity contribution is -0.736. The summed E-state index contributed by atoms with van der Waals surface area (Å²) in [5.41, 5.74) is 3.78. The number of piperazine rings is 1. The topological polar surface area (TPSA) is 107 Å². The number of nitrogens with zero attached hydrogens (tertiary/aromatic N) is 4. The van der Waals surface area contributed by atoms with Gasteiger partial charge >= 0.3 is 5.69 Å². The van der Waals surface area contributed by atoms with Gasteiger partial charge in [0.1, 0.15) is 6.54 Å². The van der Waals surface area contributed by atoms with E-state index in [4.69, 9.17) is 5.21 Å². The number of allylic oxidation sites excluding steroid dienone is 1. The Morgan fingerprint density at radius 3 is 2.70 bits per heavy atom. The van der Waals surface area contributed by atoms with Gasteiger partial charge in [-0.1, -0.05) is 6.58 Å². The number of fused-ring (bicyclic) bond motifs is 1. The predicted octanol–water partition coefficient (Wildman–Crippen LogP) is 1.28. The first-order chi connectivity index (χ1) is 12.9. The molecule has 2 amide bonds. The summed E-state index contributed by atoms with van der Waals surface area (Å²) < 4.78 is 1.71. The lowest BCUT2D eigenvalue weighted by Crippen LogP contribution is -2.56. The van der Waals surface area contributed by atoms with E-state index < -0.39 is 5.91 Å². The maximum absolute atomic E-state index is 13.0. The van der Waals surface area contributed by atoms with E-state index in [1.54, 1.807) is 35.9 Å². The monoisotopic (exact) mass is 374 g/mol. The minimum absolute atomic E-state index is 0.151. The van der Waals surface area contributed by atoms with Crippen LogP contribution < -0.4 is 5.59 Å². The van der Waals surface area contributed by atoms with Crippen molar-refractivity contribution in [1.29, 1.82) is 0 Å². The molecule has 0 atom stereocenters. The van der Waals surface area contributed by atoms with Gasteiger partial charge in [-0.25, -0.2) is 4.84 Å². The van der Waals surface area contributed by atoms with Gasteiger partial charge in [0.15, 0.2) is 7.11 Å². The van der Waals surface area contributed by atoms with E-state index in [0.717, 1.165) is 5.01 Å². The van der Waals surface area contributed by atoms with E-state index in [-0.39, 0.29) is 31.2 Å². The molecule has 1 fully saturated rings. The summed E-state index contributed by atoms with van der Waals surface area (Å²) in [7, 11) is 1.27. The number of carbonyl (C=O) groups is 2. The molecule has 0 saturated carbocycles. The number of hydrazine groups is 1. The summed E-state index contributed by atoms with van der Waals surface area (Å²) in [5, 5.41) is 10.6. The molecule has 27 heavy (non-hydrogen) atoms. The smallest absolute Gasteiger partial charge is 0.318 e. The molecule has 3 rings (SSSR count). The van der Waals surface area contributed by atoms with E-state index >= 15 is 0 Å². The van der Waals surface area contributed by atoms with Crippen molar-refractivity contribution in [3.05, 3.63) is 41.4 Å². The highest BCUT2D eigenvalue weighted by atomic mass is 16.8. The second-order valence-corrected chi connectivity index (χ2v) is 6.16. The largest absolute Gasteiger partial charge is 0.327 e. The molecule has 0 spiro atoms. The molecule has 2 heterocycles. The molecule has 10 nitrogen and oxygen atoms in total. The molecule has 0 aliphatic carbocycles. The summed E-state index contributed by atoms with van der Waals surface area (Å²) in [6.07, 6.45) is 1.64. The van der Waals surface area contributed by atoms with Gasteiger partial charge in [0, 0.05) is 36.0 Å². The van der Waals surface area contributed by atoms with Crippen LogP contribution in [0.25, 0.3) is 16.6 Å². The van der Waals surface area contributed by atoms with Gasteiger partial charge < -0.3 is 9.47 Å². The van der Waals surface area contributed by atoms with E-state index in [2.05, 4.69) is 11.4 Å². The predicted molar refractivity (Wildman–Crippen MR) is 95.8 cm³/mol. The van der Waals surface area contributed by atoms with Crippen LogP contribution in [0.5, 0.6) is 0 Å². The lowest BCUT2D eigenvalue weighted by atomic mass is 10.1. The quantitative estimate of drug-likeness (QED) is 0.764. The van der Waals surface area contributed by atoms with Gasteiger partial charge in [-0.05, 0) is 13.0 Å². The highest BCUT2D eigenvalue weighted by Crippen LogP contribution is 2.29. The van der Waals surface area contributed by atoms with E-state index in [0.29, 0.717) is 27.1 Å². The fourth-order valence-electron chi connectivity index (χ4n) is 3.04. The third-order valence-electron chi connectivity index (χ3n) is 4.44. The summed E-state index contributed by atoms with van der Waals surface area (Å²) in [5.74, 6) is -0.727. The summed E-state index contributed by atoms with van der Waals surface area (Å²) in [6, 6.07) is 4.82. The number of carbonyl (C=O) groups excluding carboxylic acids is 2. The second-order valence-electron chi connectivity index (χ2n) is 6.16. The van der Waals surface area contributed by atoms with Crippen molar-refractivity contribution in [3.8, 4) is 0 Å². The fourth-order valence-corrected chi connectivity index (χ4v) is 3.04. The Labute approximate surface area is 154 Å². The molecule has 0 unspecified atom stereocenters. The third kappa shape index (κ3) is 3.27. The Morgan fingerprint density at radius 1 is 1.37 bits per heavy atom. The molecule has 1 aliphatic rings. The van der Waals surface area contributed by atoms with Crippen molar-refractivity contribution in [2.24, 2.45) is 0 Å². The maximum atomic E-state index is 13.0. The van der Waals surface area contributed by atoms with E-state index in [1.807, 2.05) is 5.59 Å². The number of benzene rings is 1. The first-order valence-electron chi connectivity index (χ1n) is 8.19. The van der Waals surface area contributed by atoms with Crippen molar-refractivity contribution in [2.75, 3.05) is 26.7 Å². The normalized spacial score (nSPS) is 14.6. The Hall–Kier alpha value is -3.24. The Kier molecular flexibility index (Phi) is 4.93. The average Bonchev–Trinajstić information content (AvgIpc) is 3.05. The molecule has 142 valence electrons. The highest BCUT2D eigenvalue weighted by molar-refractivity contribution is 6.09. The Morgan fingerprint density at radius 2 is 2.11 bits per heavy atom. The number of hydrogen-bond acceptors (Lipinski definition) is 6. The second kappa shape index (κ2) is 7.17. The van der Waals surface area contributed by atoms with Crippen LogP contribution in [0.1, 0.15) is 17.3 Å². The van der Waals surface area contributed by atoms with Gasteiger partial charge in [-0.15, -0.1) is 5.59 Å². The SMILES string of the molecule is C=C(C)n1cc(C(=O)N2CCN(NO)C(=O)C2)c2ccc([N+](=O)OC)cc21. The zero-order valence-corrected chi connectivity index (χ0v) is 15.0. The van der Waals surface area contributed by atoms with Crippen molar-refractivity contribution in [3.63, 3.8) is 0 Å². The van der Waals surface area contributed by atoms with Crippen molar-refractivity contribution < 1.29 is 24.6 Å². The van der Waals surface area contributed by atoms with Crippen LogP contribution in [-0.2, 0) is 9.63 Å². The van der Waals surface area contributed by atoms with Gasteiger partial charge in [0.2, 0.25) is 0 Å². The van der Waals surface area contributed by atoms with E-state index in [1.165, 1.54) is 12.0 Å². The van der Waals surface area contributed by atoms with E-state index in [9.17, 15) is 14.5 Å². The van der Waals surface area contributed by atoms with Gasteiger partial charge in [-0.3, -0.25) is 19.8 Å². The highest BCUT2D eigenvalue weighted by Gasteiger charge is 2.30. The number of rotatable bonds is 5. The molecule has 10 heteroatoms. The van der Waals surface area contributed by atoms with Crippen LogP contribution in [0, 0.1) is 4.91 Å². The van der Waals surface area contributed by atoms with Crippen LogP contribution in [0.4, 0.5) is 5.69 Å². The summed E-state index contributed by atoms with van der Waals surface area (Å²) >= 11 is 0. The first-order valence-corrected chi connectivity index (χ1v) is 8.19. The average molecular weight is 374 g/mol. The third-order valence-corrected chi connectivity index (χ3v) is 4.44. The minimum atomic E-state index is -0.412. The number of nitrogens with one attached hydrogen (secondary N) is 1. The minimum Gasteiger partial charge on any atom is -0.327 e. The zero-order chi connectivity index (χ0) is 19.7. The number of hydrogen-bond donors (Lipinski definition) is 2. The molecule has 2 aromatic rings. The lowest BCUT2D eigenvalue weighted by Gasteiger charge is -2.32. The van der Waals surface area contributed by atoms with Crippen molar-refractivity contribution in [2.45, 2.75) is 6.92 Å². The van der Waals surface area contributed by atoms with Gasteiger partial charge in [0.25, 0.3) is 16.7 Å². The van der Waals surface area contributed by atoms with Crippen LogP contribution >= 0.6 is 0 Å². The van der Waals surface area contributed by atoms with Gasteiger partial charge in [-0.2, -0.15) is 0 Å². The number of aromatic nitrogens is 1. The summed E-state index contributed by atoms with van der Waals surface area (Å²) in [4.78, 5) is 43.1. The molecule has 2 N–H and O–H groups in total. The van der Waals surface area contributed by atoms with Crippen molar-refractivity contribution >= 4 is 34.1 Å². The fraction of sp³-hybridized carbons (Fsp3) is 0.294. The van der Waals surface area contributed by atoms with Crippen LogP contribution in [-0.4, -0.2) is 63.2 Å². The van der Waals surface area contributed by atoms with Crippen molar-refractivity contribution in [1.82, 2.24) is 20.1 Å². The zero-order valence-electron chi connectivity index (χ0n) is 15.0. The Bertz CT molecular complexity index is 951. The molecule has 1 aliphatic heterocycles. The number of amides is 2. The van der Waals surface area contributed by atoms with Crippen LogP contribution in [0.2, 0.25) is 0 Å². The first kappa shape index (κ1) is 18.5. The molecule has 1 aromatic heterocycles. The molecule has 0 radical (unpaired) electrons. The molecule has 0 bridgehead atoms. The maximum Gasteiger partial charge on any atom is 0.318 e. The van der Waals surface area contributed by atoms with Gasteiger partial charge in [0.05, 0.1) is 22.5 Å². The van der Waals surface area contributed by atoms with Crippen LogP contribution in [0.15, 0.2) is 31.0 Å². The molecular formula is C17H20N5O5+. The Balaban J connectivity index is 2.02.